The molecule has 0 bridgehead atoms. The third-order valence-electron chi connectivity index (χ3n) is 4.72. The van der Waals surface area contributed by atoms with Gasteiger partial charge in [-0.2, -0.15) is 0 Å². The summed E-state index contributed by atoms with van der Waals surface area (Å²) < 4.78 is 0. The van der Waals surface area contributed by atoms with E-state index in [2.05, 4.69) is 35.5 Å². The van der Waals surface area contributed by atoms with Gasteiger partial charge in [0.05, 0.1) is 4.92 Å². The summed E-state index contributed by atoms with van der Waals surface area (Å²) in [6, 6.07) is 8.24. The summed E-state index contributed by atoms with van der Waals surface area (Å²) in [5.74, 6) is 0.298. The van der Waals surface area contributed by atoms with E-state index in [0.29, 0.717) is 24.1 Å². The molecule has 6 nitrogen and oxygen atoms in total. The van der Waals surface area contributed by atoms with E-state index in [1.807, 2.05) is 0 Å². The molecule has 1 amide bonds. The maximum absolute atomic E-state index is 12.2. The van der Waals surface area contributed by atoms with Crippen LogP contribution in [0.3, 0.4) is 0 Å². The normalized spacial score (nSPS) is 19.3. The SMILES string of the molecule is CC1CN(CCNC(=O)c2ccc([N+](=O)[O-])cc2)C(C)c2sccc21.Cl. The number of thiophene rings is 1. The molecule has 1 aromatic carbocycles. The number of non-ortho nitro benzene ring substituents is 1. The first-order chi connectivity index (χ1) is 12.0. The van der Waals surface area contributed by atoms with Gasteiger partial charge in [-0.25, -0.2) is 0 Å². The van der Waals surface area contributed by atoms with Crippen molar-refractivity contribution in [3.8, 4) is 0 Å². The molecule has 1 aliphatic heterocycles. The van der Waals surface area contributed by atoms with E-state index in [4.69, 9.17) is 0 Å². The van der Waals surface area contributed by atoms with E-state index in [0.717, 1.165) is 13.1 Å². The van der Waals surface area contributed by atoms with Gasteiger partial charge in [0.25, 0.3) is 11.6 Å². The lowest BCUT2D eigenvalue weighted by Gasteiger charge is -2.36. The number of rotatable bonds is 5. The minimum Gasteiger partial charge on any atom is -0.351 e. The van der Waals surface area contributed by atoms with Gasteiger partial charge in [0.1, 0.15) is 0 Å². The molecule has 0 saturated carbocycles. The maximum atomic E-state index is 12.2. The highest BCUT2D eigenvalue weighted by Crippen LogP contribution is 2.38. The van der Waals surface area contributed by atoms with Crippen molar-refractivity contribution >= 4 is 35.3 Å². The molecule has 2 aromatic rings. The Bertz CT molecular complexity index is 778. The van der Waals surface area contributed by atoms with Crippen LogP contribution in [0.25, 0.3) is 0 Å². The monoisotopic (exact) mass is 395 g/mol. The molecule has 2 unspecified atom stereocenters. The zero-order chi connectivity index (χ0) is 18.0. The minimum absolute atomic E-state index is 0. The van der Waals surface area contributed by atoms with Crippen LogP contribution >= 0.6 is 23.7 Å². The number of nitro benzene ring substituents is 1. The predicted octanol–water partition coefficient (Wildman–Crippen LogP) is 3.99. The molecule has 0 spiro atoms. The molecule has 0 saturated heterocycles. The second-order valence-electron chi connectivity index (χ2n) is 6.37. The Morgan fingerprint density at radius 3 is 2.65 bits per heavy atom. The van der Waals surface area contributed by atoms with Gasteiger partial charge in [-0.1, -0.05) is 6.92 Å². The van der Waals surface area contributed by atoms with E-state index in [9.17, 15) is 14.9 Å². The molecule has 26 heavy (non-hydrogen) atoms. The Morgan fingerprint density at radius 1 is 1.31 bits per heavy atom. The van der Waals surface area contributed by atoms with Crippen molar-refractivity contribution in [2.45, 2.75) is 25.8 Å². The Kier molecular flexibility index (Phi) is 6.75. The van der Waals surface area contributed by atoms with E-state index >= 15 is 0 Å². The van der Waals surface area contributed by atoms with Gasteiger partial charge in [-0.15, -0.1) is 23.7 Å². The van der Waals surface area contributed by atoms with Gasteiger partial charge >= 0.3 is 0 Å². The number of hydrogen-bond acceptors (Lipinski definition) is 5. The van der Waals surface area contributed by atoms with Crippen LogP contribution in [0.1, 0.15) is 46.6 Å². The van der Waals surface area contributed by atoms with Gasteiger partial charge in [0, 0.05) is 48.2 Å². The van der Waals surface area contributed by atoms with E-state index in [1.54, 1.807) is 11.3 Å². The van der Waals surface area contributed by atoms with Crippen molar-refractivity contribution in [1.29, 1.82) is 0 Å². The first-order valence-electron chi connectivity index (χ1n) is 8.31. The van der Waals surface area contributed by atoms with Crippen molar-refractivity contribution in [1.82, 2.24) is 10.2 Å². The minimum atomic E-state index is -0.473. The van der Waals surface area contributed by atoms with Crippen molar-refractivity contribution in [3.05, 3.63) is 61.8 Å². The van der Waals surface area contributed by atoms with Crippen molar-refractivity contribution in [3.63, 3.8) is 0 Å². The molecular weight excluding hydrogens is 374 g/mol. The molecule has 140 valence electrons. The number of nitro groups is 1. The summed E-state index contributed by atoms with van der Waals surface area (Å²) in [5.41, 5.74) is 1.87. The van der Waals surface area contributed by atoms with Gasteiger partial charge in [0.2, 0.25) is 0 Å². The first kappa shape index (κ1) is 20.4. The standard InChI is InChI=1S/C18H21N3O3S.ClH/c1-12-11-20(13(2)17-16(12)7-10-25-17)9-8-19-18(22)14-3-5-15(6-4-14)21(23)24;/h3-7,10,12-13H,8-9,11H2,1-2H3,(H,19,22);1H. The molecule has 1 aromatic heterocycles. The van der Waals surface area contributed by atoms with E-state index < -0.39 is 4.92 Å². The molecule has 0 fully saturated rings. The van der Waals surface area contributed by atoms with E-state index in [1.165, 1.54) is 34.7 Å². The quantitative estimate of drug-likeness (QED) is 0.613. The molecular formula is C18H22ClN3O3S. The Balaban J connectivity index is 0.00000243. The molecule has 2 heterocycles. The number of nitrogens with zero attached hydrogens (tertiary/aromatic N) is 2. The fourth-order valence-corrected chi connectivity index (χ4v) is 4.40. The highest BCUT2D eigenvalue weighted by Gasteiger charge is 2.28. The van der Waals surface area contributed by atoms with Crippen LogP contribution in [0.4, 0.5) is 5.69 Å². The largest absolute Gasteiger partial charge is 0.351 e. The molecule has 2 atom stereocenters. The lowest BCUT2D eigenvalue weighted by atomic mass is 9.93. The summed E-state index contributed by atoms with van der Waals surface area (Å²) in [6.07, 6.45) is 0. The number of carbonyl (C=O) groups is 1. The number of fused-ring (bicyclic) bond motifs is 1. The Labute approximate surface area is 162 Å². The van der Waals surface area contributed by atoms with Crippen LogP contribution in [0, 0.1) is 10.1 Å². The summed E-state index contributed by atoms with van der Waals surface area (Å²) in [4.78, 5) is 26.2. The summed E-state index contributed by atoms with van der Waals surface area (Å²) in [6.45, 7) is 6.76. The third kappa shape index (κ3) is 4.23. The third-order valence-corrected chi connectivity index (χ3v) is 5.82. The average molecular weight is 396 g/mol. The fourth-order valence-electron chi connectivity index (χ4n) is 3.29. The average Bonchev–Trinajstić information content (AvgIpc) is 3.09. The summed E-state index contributed by atoms with van der Waals surface area (Å²) in [7, 11) is 0. The number of amides is 1. The molecule has 0 aliphatic carbocycles. The number of halogens is 1. The van der Waals surface area contributed by atoms with Crippen LogP contribution in [0.2, 0.25) is 0 Å². The van der Waals surface area contributed by atoms with Crippen LogP contribution in [-0.2, 0) is 0 Å². The highest BCUT2D eigenvalue weighted by atomic mass is 35.5. The maximum Gasteiger partial charge on any atom is 0.269 e. The zero-order valence-electron chi connectivity index (χ0n) is 14.7. The van der Waals surface area contributed by atoms with Crippen molar-refractivity contribution < 1.29 is 9.72 Å². The first-order valence-corrected chi connectivity index (χ1v) is 9.19. The van der Waals surface area contributed by atoms with Crippen LogP contribution in [0.15, 0.2) is 35.7 Å². The smallest absolute Gasteiger partial charge is 0.269 e. The summed E-state index contributed by atoms with van der Waals surface area (Å²) in [5, 5.41) is 15.7. The molecule has 3 rings (SSSR count). The lowest BCUT2D eigenvalue weighted by molar-refractivity contribution is -0.384. The lowest BCUT2D eigenvalue weighted by Crippen LogP contribution is -2.40. The van der Waals surface area contributed by atoms with Crippen LogP contribution < -0.4 is 5.32 Å². The highest BCUT2D eigenvalue weighted by molar-refractivity contribution is 7.10. The number of hydrogen-bond donors (Lipinski definition) is 1. The molecule has 1 aliphatic rings. The van der Waals surface area contributed by atoms with Crippen LogP contribution in [0.5, 0.6) is 0 Å². The Hall–Kier alpha value is -1.96. The van der Waals surface area contributed by atoms with E-state index in [-0.39, 0.29) is 24.0 Å². The van der Waals surface area contributed by atoms with Crippen molar-refractivity contribution in [2.75, 3.05) is 19.6 Å². The number of nitrogens with one attached hydrogen (secondary N) is 1. The van der Waals surface area contributed by atoms with Gasteiger partial charge < -0.3 is 5.32 Å². The Morgan fingerprint density at radius 2 is 2.00 bits per heavy atom. The van der Waals surface area contributed by atoms with Gasteiger partial charge in [-0.3, -0.25) is 19.8 Å². The van der Waals surface area contributed by atoms with Crippen molar-refractivity contribution in [2.24, 2.45) is 0 Å². The molecule has 8 heteroatoms. The number of carbonyl (C=O) groups excluding carboxylic acids is 1. The van der Waals surface area contributed by atoms with Crippen LogP contribution in [-0.4, -0.2) is 35.4 Å². The zero-order valence-corrected chi connectivity index (χ0v) is 16.3. The van der Waals surface area contributed by atoms with Gasteiger partial charge in [-0.05, 0) is 42.0 Å². The number of benzene rings is 1. The molecule has 0 radical (unpaired) electrons. The topological polar surface area (TPSA) is 75.5 Å². The summed E-state index contributed by atoms with van der Waals surface area (Å²) >= 11 is 1.80. The fraction of sp³-hybridized carbons (Fsp3) is 0.389. The second kappa shape index (κ2) is 8.62. The predicted molar refractivity (Wildman–Crippen MR) is 105 cm³/mol. The van der Waals surface area contributed by atoms with Gasteiger partial charge in [0.15, 0.2) is 0 Å². The molecule has 1 N–H and O–H groups in total. The second-order valence-corrected chi connectivity index (χ2v) is 7.32.